The van der Waals surface area contributed by atoms with Crippen molar-refractivity contribution < 1.29 is 12.8 Å². The SMILES string of the molecule is O=S(=O)(NCc1ccccc1)c1ccc2c(c1)CN[C@@H](CF)C2. The maximum absolute atomic E-state index is 12.7. The second-order valence-electron chi connectivity index (χ2n) is 5.68. The first-order valence-corrected chi connectivity index (χ1v) is 9.01. The third-order valence-corrected chi connectivity index (χ3v) is 5.43. The number of nitrogens with one attached hydrogen (secondary N) is 2. The Hall–Kier alpha value is -1.76. The average molecular weight is 334 g/mol. The fourth-order valence-corrected chi connectivity index (χ4v) is 3.76. The van der Waals surface area contributed by atoms with Crippen LogP contribution < -0.4 is 10.0 Å². The van der Waals surface area contributed by atoms with Crippen molar-refractivity contribution in [2.45, 2.75) is 30.4 Å². The number of alkyl halides is 1. The van der Waals surface area contributed by atoms with Gasteiger partial charge in [-0.3, -0.25) is 0 Å². The first kappa shape index (κ1) is 16.1. The first-order valence-electron chi connectivity index (χ1n) is 7.53. The molecule has 0 aromatic heterocycles. The van der Waals surface area contributed by atoms with Gasteiger partial charge in [0.15, 0.2) is 0 Å². The standard InChI is InChI=1S/C17H19FN2O2S/c18-10-16-8-14-6-7-17(9-15(14)12-19-16)23(21,22)20-11-13-4-2-1-3-5-13/h1-7,9,16,19-20H,8,10-12H2/t16-/m1/s1. The Labute approximate surface area is 135 Å². The highest BCUT2D eigenvalue weighted by molar-refractivity contribution is 7.89. The van der Waals surface area contributed by atoms with Crippen LogP contribution in [0.3, 0.4) is 0 Å². The molecule has 122 valence electrons. The van der Waals surface area contributed by atoms with Gasteiger partial charge in [-0.15, -0.1) is 0 Å². The zero-order chi connectivity index (χ0) is 16.3. The summed E-state index contributed by atoms with van der Waals surface area (Å²) in [5.41, 5.74) is 2.83. The summed E-state index contributed by atoms with van der Waals surface area (Å²) in [7, 11) is -3.56. The van der Waals surface area contributed by atoms with Gasteiger partial charge in [-0.25, -0.2) is 17.5 Å². The number of sulfonamides is 1. The van der Waals surface area contributed by atoms with E-state index in [4.69, 9.17) is 0 Å². The van der Waals surface area contributed by atoms with E-state index in [1.54, 1.807) is 18.2 Å². The number of halogens is 1. The number of hydrogen-bond acceptors (Lipinski definition) is 3. The van der Waals surface area contributed by atoms with E-state index in [9.17, 15) is 12.8 Å². The Morgan fingerprint density at radius 1 is 1.13 bits per heavy atom. The van der Waals surface area contributed by atoms with E-state index in [2.05, 4.69) is 10.0 Å². The Morgan fingerprint density at radius 3 is 2.65 bits per heavy atom. The molecule has 0 bridgehead atoms. The van der Waals surface area contributed by atoms with Crippen LogP contribution in [-0.2, 0) is 29.5 Å². The summed E-state index contributed by atoms with van der Waals surface area (Å²) in [5.74, 6) is 0. The van der Waals surface area contributed by atoms with Crippen molar-refractivity contribution in [3.8, 4) is 0 Å². The molecule has 1 aliphatic rings. The Morgan fingerprint density at radius 2 is 1.91 bits per heavy atom. The minimum atomic E-state index is -3.56. The van der Waals surface area contributed by atoms with E-state index in [-0.39, 0.29) is 17.5 Å². The molecule has 23 heavy (non-hydrogen) atoms. The molecule has 1 heterocycles. The van der Waals surface area contributed by atoms with Crippen molar-refractivity contribution in [1.82, 2.24) is 10.0 Å². The lowest BCUT2D eigenvalue weighted by atomic mass is 9.96. The fourth-order valence-electron chi connectivity index (χ4n) is 2.69. The van der Waals surface area contributed by atoms with Crippen LogP contribution in [0.4, 0.5) is 4.39 Å². The molecule has 0 spiro atoms. The zero-order valence-corrected chi connectivity index (χ0v) is 13.4. The number of fused-ring (bicyclic) bond motifs is 1. The molecular weight excluding hydrogens is 315 g/mol. The molecule has 1 atom stereocenters. The maximum Gasteiger partial charge on any atom is 0.240 e. The predicted octanol–water partition coefficient (Wildman–Crippen LogP) is 2.15. The summed E-state index contributed by atoms with van der Waals surface area (Å²) in [5, 5.41) is 3.07. The molecule has 2 aromatic rings. The minimum Gasteiger partial charge on any atom is -0.307 e. The second kappa shape index (κ2) is 6.78. The van der Waals surface area contributed by atoms with Gasteiger partial charge >= 0.3 is 0 Å². The van der Waals surface area contributed by atoms with Crippen molar-refractivity contribution in [2.24, 2.45) is 0 Å². The third kappa shape index (κ3) is 3.77. The number of rotatable bonds is 5. The van der Waals surface area contributed by atoms with Crippen molar-refractivity contribution in [2.75, 3.05) is 6.67 Å². The van der Waals surface area contributed by atoms with E-state index in [0.717, 1.165) is 16.7 Å². The maximum atomic E-state index is 12.7. The lowest BCUT2D eigenvalue weighted by molar-refractivity contribution is 0.358. The highest BCUT2D eigenvalue weighted by Crippen LogP contribution is 2.21. The van der Waals surface area contributed by atoms with E-state index in [1.165, 1.54) is 0 Å². The van der Waals surface area contributed by atoms with E-state index >= 15 is 0 Å². The molecule has 0 saturated carbocycles. The van der Waals surface area contributed by atoms with Crippen molar-refractivity contribution in [3.63, 3.8) is 0 Å². The van der Waals surface area contributed by atoms with Crippen molar-refractivity contribution >= 4 is 10.0 Å². The van der Waals surface area contributed by atoms with E-state index in [0.29, 0.717) is 13.0 Å². The summed E-state index contributed by atoms with van der Waals surface area (Å²) in [6.45, 7) is 0.326. The highest BCUT2D eigenvalue weighted by Gasteiger charge is 2.21. The second-order valence-corrected chi connectivity index (χ2v) is 7.44. The summed E-state index contributed by atoms with van der Waals surface area (Å²) in [6, 6.07) is 14.2. The molecule has 0 amide bonds. The third-order valence-electron chi connectivity index (χ3n) is 4.03. The van der Waals surface area contributed by atoms with Gasteiger partial charge < -0.3 is 5.32 Å². The van der Waals surface area contributed by atoms with Crippen LogP contribution in [0.15, 0.2) is 53.4 Å². The van der Waals surface area contributed by atoms with Gasteiger partial charge in [-0.05, 0) is 35.2 Å². The number of benzene rings is 2. The molecule has 6 heteroatoms. The van der Waals surface area contributed by atoms with Crippen LogP contribution in [-0.4, -0.2) is 21.1 Å². The molecule has 0 aliphatic carbocycles. The van der Waals surface area contributed by atoms with E-state index in [1.807, 2.05) is 30.3 Å². The van der Waals surface area contributed by atoms with Crippen LogP contribution in [0.5, 0.6) is 0 Å². The molecule has 0 radical (unpaired) electrons. The van der Waals surface area contributed by atoms with Crippen LogP contribution >= 0.6 is 0 Å². The molecule has 3 rings (SSSR count). The molecule has 0 saturated heterocycles. The van der Waals surface area contributed by atoms with E-state index < -0.39 is 16.7 Å². The monoisotopic (exact) mass is 334 g/mol. The Bertz CT molecular complexity index is 778. The van der Waals surface area contributed by atoms with Crippen LogP contribution in [0.1, 0.15) is 16.7 Å². The summed E-state index contributed by atoms with van der Waals surface area (Å²) in [4.78, 5) is 0.243. The molecule has 2 N–H and O–H groups in total. The molecule has 2 aromatic carbocycles. The minimum absolute atomic E-state index is 0.179. The Kier molecular flexibility index (Phi) is 4.75. The largest absolute Gasteiger partial charge is 0.307 e. The van der Waals surface area contributed by atoms with Gasteiger partial charge in [0.2, 0.25) is 10.0 Å². The molecule has 4 nitrogen and oxygen atoms in total. The lowest BCUT2D eigenvalue weighted by Crippen LogP contribution is -2.37. The van der Waals surface area contributed by atoms with Gasteiger partial charge in [0.25, 0.3) is 0 Å². The normalized spacial score (nSPS) is 17.7. The van der Waals surface area contributed by atoms with Crippen LogP contribution in [0, 0.1) is 0 Å². The summed E-state index contributed by atoms with van der Waals surface area (Å²) >= 11 is 0. The number of hydrogen-bond donors (Lipinski definition) is 2. The molecule has 0 fully saturated rings. The first-order chi connectivity index (χ1) is 11.1. The van der Waals surface area contributed by atoms with Gasteiger partial charge in [-0.1, -0.05) is 36.4 Å². The van der Waals surface area contributed by atoms with Crippen molar-refractivity contribution in [1.29, 1.82) is 0 Å². The molecule has 1 aliphatic heterocycles. The summed E-state index contributed by atoms with van der Waals surface area (Å²) in [6.07, 6.45) is 0.587. The van der Waals surface area contributed by atoms with Crippen LogP contribution in [0.25, 0.3) is 0 Å². The molecule has 0 unspecified atom stereocenters. The average Bonchev–Trinajstić information content (AvgIpc) is 2.60. The zero-order valence-electron chi connectivity index (χ0n) is 12.6. The van der Waals surface area contributed by atoms with Gasteiger partial charge in [-0.2, -0.15) is 0 Å². The molecular formula is C17H19FN2O2S. The van der Waals surface area contributed by atoms with Gasteiger partial charge in [0.05, 0.1) is 4.90 Å². The van der Waals surface area contributed by atoms with Gasteiger partial charge in [0, 0.05) is 19.1 Å². The van der Waals surface area contributed by atoms with Crippen molar-refractivity contribution in [3.05, 3.63) is 65.2 Å². The van der Waals surface area contributed by atoms with Gasteiger partial charge in [0.1, 0.15) is 6.67 Å². The quantitative estimate of drug-likeness (QED) is 0.881. The van der Waals surface area contributed by atoms with Crippen LogP contribution in [0.2, 0.25) is 0 Å². The fraction of sp³-hybridized carbons (Fsp3) is 0.294. The summed E-state index contributed by atoms with van der Waals surface area (Å²) < 4.78 is 40.2. The predicted molar refractivity (Wildman–Crippen MR) is 87.2 cm³/mol. The Balaban J connectivity index is 1.76. The lowest BCUT2D eigenvalue weighted by Gasteiger charge is -2.24. The topological polar surface area (TPSA) is 58.2 Å². The highest BCUT2D eigenvalue weighted by atomic mass is 32.2. The smallest absolute Gasteiger partial charge is 0.240 e.